The van der Waals surface area contributed by atoms with Crippen molar-refractivity contribution in [2.45, 2.75) is 38.7 Å². The molecule has 6 nitrogen and oxygen atoms in total. The summed E-state index contributed by atoms with van der Waals surface area (Å²) in [4.78, 5) is 22.2. The molecule has 0 aliphatic carbocycles. The number of aliphatic hydroxyl groups excluding tert-OH is 1. The van der Waals surface area contributed by atoms with Gasteiger partial charge in [-0.15, -0.1) is 0 Å². The normalized spacial score (nSPS) is 13.6. The number of hydrogen-bond acceptors (Lipinski definition) is 4. The van der Waals surface area contributed by atoms with Gasteiger partial charge in [-0.3, -0.25) is 14.9 Å². The zero-order valence-corrected chi connectivity index (χ0v) is 11.7. The first-order valence-corrected chi connectivity index (χ1v) is 6.65. The second-order valence-electron chi connectivity index (χ2n) is 4.72. The van der Waals surface area contributed by atoms with E-state index in [0.717, 1.165) is 0 Å². The SMILES string of the molecule is CCC(O)CCNC(=O)C(C)c1cccc([N+](=O)[O-])c1. The number of nitro groups is 1. The highest BCUT2D eigenvalue weighted by Crippen LogP contribution is 2.20. The van der Waals surface area contributed by atoms with E-state index in [2.05, 4.69) is 5.32 Å². The Hall–Kier alpha value is -1.95. The summed E-state index contributed by atoms with van der Waals surface area (Å²) in [5.41, 5.74) is 0.580. The monoisotopic (exact) mass is 280 g/mol. The van der Waals surface area contributed by atoms with Crippen LogP contribution >= 0.6 is 0 Å². The molecule has 0 bridgehead atoms. The van der Waals surface area contributed by atoms with E-state index in [9.17, 15) is 20.0 Å². The molecule has 0 aliphatic heterocycles. The Bertz CT molecular complexity index is 476. The molecule has 1 aromatic carbocycles. The van der Waals surface area contributed by atoms with E-state index in [1.165, 1.54) is 12.1 Å². The average Bonchev–Trinajstić information content (AvgIpc) is 2.46. The van der Waals surface area contributed by atoms with Gasteiger partial charge in [0.15, 0.2) is 0 Å². The largest absolute Gasteiger partial charge is 0.393 e. The number of non-ortho nitro benzene ring substituents is 1. The van der Waals surface area contributed by atoms with Gasteiger partial charge < -0.3 is 10.4 Å². The van der Waals surface area contributed by atoms with Gasteiger partial charge in [-0.25, -0.2) is 0 Å². The van der Waals surface area contributed by atoms with Gasteiger partial charge in [0.1, 0.15) is 0 Å². The number of benzene rings is 1. The Balaban J connectivity index is 2.60. The number of nitro benzene ring substituents is 1. The van der Waals surface area contributed by atoms with Crippen molar-refractivity contribution in [3.63, 3.8) is 0 Å². The Kier molecular flexibility index (Phi) is 6.11. The van der Waals surface area contributed by atoms with Crippen LogP contribution < -0.4 is 5.32 Å². The number of nitrogens with one attached hydrogen (secondary N) is 1. The highest BCUT2D eigenvalue weighted by atomic mass is 16.6. The molecule has 6 heteroatoms. The van der Waals surface area contributed by atoms with Crippen LogP contribution in [0.25, 0.3) is 0 Å². The van der Waals surface area contributed by atoms with Crippen LogP contribution in [0.4, 0.5) is 5.69 Å². The number of amides is 1. The molecular formula is C14H20N2O4. The molecule has 1 rings (SSSR count). The van der Waals surface area contributed by atoms with E-state index < -0.39 is 16.9 Å². The quantitative estimate of drug-likeness (QED) is 0.590. The third-order valence-corrected chi connectivity index (χ3v) is 3.22. The zero-order chi connectivity index (χ0) is 15.1. The minimum Gasteiger partial charge on any atom is -0.393 e. The second-order valence-corrected chi connectivity index (χ2v) is 4.72. The van der Waals surface area contributed by atoms with Crippen molar-refractivity contribution in [1.29, 1.82) is 0 Å². The molecule has 0 saturated carbocycles. The van der Waals surface area contributed by atoms with Gasteiger partial charge in [0.2, 0.25) is 5.91 Å². The molecule has 0 saturated heterocycles. The highest BCUT2D eigenvalue weighted by Gasteiger charge is 2.17. The summed E-state index contributed by atoms with van der Waals surface area (Å²) in [6.07, 6.45) is 0.739. The molecular weight excluding hydrogens is 260 g/mol. The van der Waals surface area contributed by atoms with E-state index in [1.54, 1.807) is 19.1 Å². The van der Waals surface area contributed by atoms with Crippen LogP contribution in [0.3, 0.4) is 0 Å². The fourth-order valence-corrected chi connectivity index (χ4v) is 1.78. The van der Waals surface area contributed by atoms with Crippen molar-refractivity contribution in [2.75, 3.05) is 6.54 Å². The number of carbonyl (C=O) groups is 1. The summed E-state index contributed by atoms with van der Waals surface area (Å²) in [6, 6.07) is 6.06. The first-order valence-electron chi connectivity index (χ1n) is 6.65. The number of nitrogens with zero attached hydrogens (tertiary/aromatic N) is 1. The molecule has 2 atom stereocenters. The Morgan fingerprint density at radius 3 is 2.80 bits per heavy atom. The van der Waals surface area contributed by atoms with Gasteiger partial charge in [0.05, 0.1) is 16.9 Å². The van der Waals surface area contributed by atoms with Crippen molar-refractivity contribution in [2.24, 2.45) is 0 Å². The molecule has 1 amide bonds. The summed E-state index contributed by atoms with van der Waals surface area (Å²) in [5.74, 6) is -0.664. The van der Waals surface area contributed by atoms with E-state index in [-0.39, 0.29) is 11.6 Å². The number of carbonyl (C=O) groups excluding carboxylic acids is 1. The lowest BCUT2D eigenvalue weighted by Gasteiger charge is -2.13. The van der Waals surface area contributed by atoms with E-state index in [1.807, 2.05) is 6.92 Å². The molecule has 2 N–H and O–H groups in total. The molecule has 0 aromatic heterocycles. The lowest BCUT2D eigenvalue weighted by atomic mass is 10.00. The molecule has 0 radical (unpaired) electrons. The summed E-state index contributed by atoms with van der Waals surface area (Å²) >= 11 is 0. The maximum absolute atomic E-state index is 11.9. The van der Waals surface area contributed by atoms with Crippen molar-refractivity contribution < 1.29 is 14.8 Å². The Labute approximate surface area is 118 Å². The minimum absolute atomic E-state index is 0.0245. The van der Waals surface area contributed by atoms with Crippen LogP contribution in [0.5, 0.6) is 0 Å². The molecule has 0 spiro atoms. The lowest BCUT2D eigenvalue weighted by Crippen LogP contribution is -2.30. The van der Waals surface area contributed by atoms with Crippen LogP contribution in [0.1, 0.15) is 38.2 Å². The zero-order valence-electron chi connectivity index (χ0n) is 11.7. The van der Waals surface area contributed by atoms with Crippen molar-refractivity contribution in [3.8, 4) is 0 Å². The van der Waals surface area contributed by atoms with Crippen LogP contribution in [-0.4, -0.2) is 28.6 Å². The number of rotatable bonds is 7. The molecule has 0 fully saturated rings. The van der Waals surface area contributed by atoms with Crippen molar-refractivity contribution in [3.05, 3.63) is 39.9 Å². The van der Waals surface area contributed by atoms with Crippen LogP contribution in [0.15, 0.2) is 24.3 Å². The standard InChI is InChI=1S/C14H20N2O4/c1-3-13(17)7-8-15-14(18)10(2)11-5-4-6-12(9-11)16(19)20/h4-6,9-10,13,17H,3,7-8H2,1-2H3,(H,15,18). The number of aliphatic hydroxyl groups is 1. The molecule has 2 unspecified atom stereocenters. The lowest BCUT2D eigenvalue weighted by molar-refractivity contribution is -0.384. The van der Waals surface area contributed by atoms with E-state index in [4.69, 9.17) is 0 Å². The van der Waals surface area contributed by atoms with Crippen LogP contribution in [-0.2, 0) is 4.79 Å². The topological polar surface area (TPSA) is 92.5 Å². The van der Waals surface area contributed by atoms with Gasteiger partial charge in [-0.05, 0) is 25.3 Å². The van der Waals surface area contributed by atoms with Gasteiger partial charge in [0.25, 0.3) is 5.69 Å². The van der Waals surface area contributed by atoms with Crippen molar-refractivity contribution >= 4 is 11.6 Å². The predicted octanol–water partition coefficient (Wildman–Crippen LogP) is 1.98. The first-order chi connectivity index (χ1) is 9.45. The van der Waals surface area contributed by atoms with Gasteiger partial charge >= 0.3 is 0 Å². The molecule has 0 aliphatic rings. The first kappa shape index (κ1) is 16.1. The van der Waals surface area contributed by atoms with Gasteiger partial charge in [-0.2, -0.15) is 0 Å². The summed E-state index contributed by atoms with van der Waals surface area (Å²) in [7, 11) is 0. The molecule has 1 aromatic rings. The molecule has 20 heavy (non-hydrogen) atoms. The predicted molar refractivity (Wildman–Crippen MR) is 75.4 cm³/mol. The average molecular weight is 280 g/mol. The second kappa shape index (κ2) is 7.59. The van der Waals surface area contributed by atoms with Gasteiger partial charge in [0, 0.05) is 18.7 Å². The highest BCUT2D eigenvalue weighted by molar-refractivity contribution is 5.83. The smallest absolute Gasteiger partial charge is 0.269 e. The van der Waals surface area contributed by atoms with Gasteiger partial charge in [-0.1, -0.05) is 19.1 Å². The maximum atomic E-state index is 11.9. The Morgan fingerprint density at radius 1 is 1.50 bits per heavy atom. The fourth-order valence-electron chi connectivity index (χ4n) is 1.78. The summed E-state index contributed by atoms with van der Waals surface area (Å²) in [6.45, 7) is 3.97. The summed E-state index contributed by atoms with van der Waals surface area (Å²) < 4.78 is 0. The Morgan fingerprint density at radius 2 is 2.20 bits per heavy atom. The van der Waals surface area contributed by atoms with Crippen molar-refractivity contribution in [1.82, 2.24) is 5.32 Å². The maximum Gasteiger partial charge on any atom is 0.269 e. The molecule has 110 valence electrons. The third kappa shape index (κ3) is 4.62. The van der Waals surface area contributed by atoms with E-state index in [0.29, 0.717) is 24.9 Å². The van der Waals surface area contributed by atoms with Crippen LogP contribution in [0, 0.1) is 10.1 Å². The van der Waals surface area contributed by atoms with Crippen LogP contribution in [0.2, 0.25) is 0 Å². The number of hydrogen-bond donors (Lipinski definition) is 2. The van der Waals surface area contributed by atoms with E-state index >= 15 is 0 Å². The summed E-state index contributed by atoms with van der Waals surface area (Å²) in [5, 5.41) is 22.8. The third-order valence-electron chi connectivity index (χ3n) is 3.22. The molecule has 0 heterocycles. The fraction of sp³-hybridized carbons (Fsp3) is 0.500. The minimum atomic E-state index is -0.480.